The predicted molar refractivity (Wildman–Crippen MR) is 77.0 cm³/mol. The van der Waals surface area contributed by atoms with Crippen LogP contribution in [0.1, 0.15) is 37.8 Å². The lowest BCUT2D eigenvalue weighted by Crippen LogP contribution is -2.19. The smallest absolute Gasteiger partial charge is 0.313 e. The fourth-order valence-corrected chi connectivity index (χ4v) is 2.16. The van der Waals surface area contributed by atoms with E-state index in [1.54, 1.807) is 32.9 Å². The quantitative estimate of drug-likeness (QED) is 0.786. The minimum absolute atomic E-state index is 0.195. The highest BCUT2D eigenvalue weighted by Crippen LogP contribution is 2.20. The first-order valence-electron chi connectivity index (χ1n) is 6.56. The summed E-state index contributed by atoms with van der Waals surface area (Å²) in [7, 11) is -1.15. The zero-order valence-electron chi connectivity index (χ0n) is 11.9. The summed E-state index contributed by atoms with van der Waals surface area (Å²) in [5.74, 6) is -0.820. The molecule has 1 aromatic rings. The van der Waals surface area contributed by atoms with E-state index in [1.165, 1.54) is 6.07 Å². The summed E-state index contributed by atoms with van der Waals surface area (Å²) in [6, 6.07) is 4.62. The Bertz CT molecular complexity index is 493. The second-order valence-corrected chi connectivity index (χ2v) is 5.84. The molecule has 0 amide bonds. The molecule has 112 valence electrons. The van der Waals surface area contributed by atoms with Crippen LogP contribution in [0.5, 0.6) is 0 Å². The Morgan fingerprint density at radius 2 is 2.15 bits per heavy atom. The molecule has 0 aromatic heterocycles. The van der Waals surface area contributed by atoms with Crippen LogP contribution in [0.3, 0.4) is 0 Å². The van der Waals surface area contributed by atoms with E-state index in [-0.39, 0.29) is 12.5 Å². The topological polar surface area (TPSA) is 55.4 Å². The minimum Gasteiger partial charge on any atom is -0.466 e. The molecule has 0 bridgehead atoms. The van der Waals surface area contributed by atoms with Crippen molar-refractivity contribution in [2.24, 2.45) is 0 Å². The van der Waals surface area contributed by atoms with Gasteiger partial charge in [-0.2, -0.15) is 0 Å². The second kappa shape index (κ2) is 8.11. The zero-order valence-corrected chi connectivity index (χ0v) is 12.8. The fourth-order valence-electron chi connectivity index (χ4n) is 1.64. The molecule has 0 aliphatic rings. The molecule has 0 saturated carbocycles. The third-order valence-corrected chi connectivity index (χ3v) is 3.89. The summed E-state index contributed by atoms with van der Waals surface area (Å²) in [6.07, 6.45) is 0. The van der Waals surface area contributed by atoms with Crippen molar-refractivity contribution in [3.8, 4) is 0 Å². The first kappa shape index (κ1) is 16.8. The van der Waals surface area contributed by atoms with Gasteiger partial charge >= 0.3 is 5.97 Å². The van der Waals surface area contributed by atoms with Crippen LogP contribution in [0.15, 0.2) is 18.2 Å². The van der Waals surface area contributed by atoms with E-state index < -0.39 is 22.7 Å². The number of carbonyl (C=O) groups is 1. The van der Waals surface area contributed by atoms with E-state index in [0.717, 1.165) is 0 Å². The van der Waals surface area contributed by atoms with Crippen molar-refractivity contribution in [2.45, 2.75) is 33.2 Å². The van der Waals surface area contributed by atoms with Gasteiger partial charge in [0.2, 0.25) is 0 Å². The van der Waals surface area contributed by atoms with E-state index in [1.807, 2.05) is 0 Å². The number of carbonyl (C=O) groups excluding carboxylic acids is 1. The van der Waals surface area contributed by atoms with Crippen molar-refractivity contribution in [3.63, 3.8) is 0 Å². The van der Waals surface area contributed by atoms with Crippen LogP contribution in [-0.4, -0.2) is 22.5 Å². The van der Waals surface area contributed by atoms with E-state index in [2.05, 4.69) is 4.72 Å². The molecule has 0 saturated heterocycles. The lowest BCUT2D eigenvalue weighted by atomic mass is 9.99. The molecule has 0 fully saturated rings. The van der Waals surface area contributed by atoms with Crippen molar-refractivity contribution in [3.05, 3.63) is 35.1 Å². The van der Waals surface area contributed by atoms with Gasteiger partial charge < -0.3 is 4.74 Å². The van der Waals surface area contributed by atoms with E-state index in [4.69, 9.17) is 4.74 Å². The third-order valence-electron chi connectivity index (χ3n) is 2.90. The molecule has 1 rings (SSSR count). The van der Waals surface area contributed by atoms with Gasteiger partial charge in [-0.25, -0.2) is 13.3 Å². The highest BCUT2D eigenvalue weighted by Gasteiger charge is 2.17. The van der Waals surface area contributed by atoms with Crippen LogP contribution in [0, 0.1) is 5.82 Å². The Morgan fingerprint density at radius 1 is 1.45 bits per heavy atom. The van der Waals surface area contributed by atoms with Crippen molar-refractivity contribution >= 4 is 17.0 Å². The highest BCUT2D eigenvalue weighted by molar-refractivity contribution is 7.82. The molecule has 1 N–H and O–H groups in total. The van der Waals surface area contributed by atoms with E-state index in [9.17, 15) is 13.4 Å². The van der Waals surface area contributed by atoms with Gasteiger partial charge in [-0.1, -0.05) is 19.1 Å². The Balaban J connectivity index is 2.77. The molecule has 20 heavy (non-hydrogen) atoms. The molecule has 0 heterocycles. The van der Waals surface area contributed by atoms with E-state index in [0.29, 0.717) is 23.5 Å². The number of ether oxygens (including phenoxy) is 1. The van der Waals surface area contributed by atoms with Crippen LogP contribution < -0.4 is 4.72 Å². The second-order valence-electron chi connectivity index (χ2n) is 4.28. The Morgan fingerprint density at radius 3 is 2.70 bits per heavy atom. The number of rotatable bonds is 7. The van der Waals surface area contributed by atoms with Crippen molar-refractivity contribution in [2.75, 3.05) is 12.4 Å². The molecule has 0 aliphatic heterocycles. The van der Waals surface area contributed by atoms with Crippen LogP contribution in [0.4, 0.5) is 4.39 Å². The van der Waals surface area contributed by atoms with Crippen LogP contribution in [-0.2, 0) is 27.1 Å². The number of hydrogen-bond donors (Lipinski definition) is 1. The normalized spacial score (nSPS) is 13.8. The predicted octanol–water partition coefficient (Wildman–Crippen LogP) is 2.27. The summed E-state index contributed by atoms with van der Waals surface area (Å²) in [4.78, 5) is 11.6. The monoisotopic (exact) mass is 301 g/mol. The molecule has 0 aliphatic carbocycles. The van der Waals surface area contributed by atoms with Gasteiger partial charge in [0, 0.05) is 17.9 Å². The van der Waals surface area contributed by atoms with Gasteiger partial charge in [-0.05, 0) is 25.5 Å². The lowest BCUT2D eigenvalue weighted by molar-refractivity contribution is -0.144. The van der Waals surface area contributed by atoms with E-state index >= 15 is 0 Å². The molecule has 1 aromatic carbocycles. The fraction of sp³-hybridized carbons (Fsp3) is 0.500. The average Bonchev–Trinajstić information content (AvgIpc) is 2.44. The largest absolute Gasteiger partial charge is 0.466 e. The molecule has 2 atom stereocenters. The maximum absolute atomic E-state index is 13.9. The Labute approximate surface area is 121 Å². The van der Waals surface area contributed by atoms with Crippen molar-refractivity contribution < 1.29 is 18.1 Å². The van der Waals surface area contributed by atoms with Crippen LogP contribution in [0.2, 0.25) is 0 Å². The standard InChI is InChI=1S/C14H20FNO3S/c1-4-19-14(17)10(3)11-6-7-12(13(15)8-11)9-16-20(18)5-2/h6-8,10,16H,4-5,9H2,1-3H3. The maximum Gasteiger partial charge on any atom is 0.313 e. The lowest BCUT2D eigenvalue weighted by Gasteiger charge is -2.12. The Kier molecular flexibility index (Phi) is 6.81. The molecular formula is C14H20FNO3S. The van der Waals surface area contributed by atoms with Crippen LogP contribution in [0.25, 0.3) is 0 Å². The number of halogens is 1. The van der Waals surface area contributed by atoms with Crippen molar-refractivity contribution in [1.82, 2.24) is 4.72 Å². The molecule has 4 nitrogen and oxygen atoms in total. The molecule has 6 heteroatoms. The summed E-state index contributed by atoms with van der Waals surface area (Å²) in [6.45, 7) is 5.69. The zero-order chi connectivity index (χ0) is 15.1. The van der Waals surface area contributed by atoms with Gasteiger partial charge in [0.1, 0.15) is 5.82 Å². The molecular weight excluding hydrogens is 281 g/mol. The first-order valence-corrected chi connectivity index (χ1v) is 7.88. The maximum atomic E-state index is 13.9. The minimum atomic E-state index is -1.15. The third kappa shape index (κ3) is 4.68. The average molecular weight is 301 g/mol. The van der Waals surface area contributed by atoms with Crippen molar-refractivity contribution in [1.29, 1.82) is 0 Å². The number of nitrogens with one attached hydrogen (secondary N) is 1. The Hall–Kier alpha value is -1.27. The number of esters is 1. The molecule has 2 unspecified atom stereocenters. The van der Waals surface area contributed by atoms with Gasteiger partial charge in [-0.3, -0.25) is 4.79 Å². The number of benzene rings is 1. The highest BCUT2D eigenvalue weighted by atomic mass is 32.2. The summed E-state index contributed by atoms with van der Waals surface area (Å²) < 4.78 is 32.8. The van der Waals surface area contributed by atoms with Gasteiger partial charge in [0.25, 0.3) is 0 Å². The summed E-state index contributed by atoms with van der Waals surface area (Å²) in [5.41, 5.74) is 0.993. The molecule has 0 radical (unpaired) electrons. The van der Waals surface area contributed by atoms with Gasteiger partial charge in [-0.15, -0.1) is 0 Å². The van der Waals surface area contributed by atoms with Gasteiger partial charge in [0.05, 0.1) is 23.5 Å². The summed E-state index contributed by atoms with van der Waals surface area (Å²) in [5, 5.41) is 0. The van der Waals surface area contributed by atoms with Crippen LogP contribution >= 0.6 is 0 Å². The first-order chi connectivity index (χ1) is 9.49. The SMILES string of the molecule is CCOC(=O)C(C)c1ccc(CNS(=O)CC)c(F)c1. The molecule has 0 spiro atoms. The van der Waals surface area contributed by atoms with Gasteiger partial charge in [0.15, 0.2) is 0 Å². The number of hydrogen-bond acceptors (Lipinski definition) is 3. The summed E-state index contributed by atoms with van der Waals surface area (Å²) >= 11 is 0.